The molecular formula is C19H21F2N3O4. The number of anilines is 2. The number of aliphatic hydroxyl groups is 1. The summed E-state index contributed by atoms with van der Waals surface area (Å²) in [6, 6.07) is 4.23. The van der Waals surface area contributed by atoms with Crippen LogP contribution >= 0.6 is 0 Å². The molecule has 0 saturated heterocycles. The summed E-state index contributed by atoms with van der Waals surface area (Å²) in [5, 5.41) is 11.6. The van der Waals surface area contributed by atoms with E-state index in [4.69, 9.17) is 9.94 Å². The van der Waals surface area contributed by atoms with Gasteiger partial charge >= 0.3 is 0 Å². The maximum atomic E-state index is 14.7. The minimum Gasteiger partial charge on any atom is -0.395 e. The van der Waals surface area contributed by atoms with Crippen LogP contribution in [-0.4, -0.2) is 28.8 Å². The van der Waals surface area contributed by atoms with E-state index in [1.165, 1.54) is 12.1 Å². The largest absolute Gasteiger partial charge is 0.395 e. The smallest absolute Gasteiger partial charge is 0.288 e. The fourth-order valence-corrected chi connectivity index (χ4v) is 2.62. The van der Waals surface area contributed by atoms with Crippen LogP contribution in [0, 0.1) is 24.5 Å². The number of amides is 1. The third-order valence-corrected chi connectivity index (χ3v) is 4.37. The van der Waals surface area contributed by atoms with Gasteiger partial charge in [0.15, 0.2) is 0 Å². The van der Waals surface area contributed by atoms with E-state index in [0.717, 1.165) is 23.6 Å². The van der Waals surface area contributed by atoms with Crippen LogP contribution in [0.5, 0.6) is 0 Å². The van der Waals surface area contributed by atoms with Crippen LogP contribution in [0.25, 0.3) is 0 Å². The van der Waals surface area contributed by atoms with Crippen LogP contribution in [0.4, 0.5) is 20.2 Å². The summed E-state index contributed by atoms with van der Waals surface area (Å²) < 4.78 is 29.8. The lowest BCUT2D eigenvalue weighted by Gasteiger charge is -2.16. The van der Waals surface area contributed by atoms with Crippen molar-refractivity contribution in [2.24, 2.45) is 5.92 Å². The van der Waals surface area contributed by atoms with E-state index in [2.05, 4.69) is 10.8 Å². The fourth-order valence-electron chi connectivity index (χ4n) is 2.62. The van der Waals surface area contributed by atoms with Gasteiger partial charge in [-0.1, -0.05) is 6.07 Å². The van der Waals surface area contributed by atoms with E-state index in [9.17, 15) is 18.4 Å². The quantitative estimate of drug-likeness (QED) is 0.599. The molecule has 0 bridgehead atoms. The Hall–Kier alpha value is -2.78. The van der Waals surface area contributed by atoms with Crippen molar-refractivity contribution in [1.82, 2.24) is 10.0 Å². The molecule has 0 radical (unpaired) electrons. The number of benzene rings is 1. The number of aryl methyl sites for hydroxylation is 1. The molecule has 1 aromatic carbocycles. The Morgan fingerprint density at radius 2 is 2.11 bits per heavy atom. The predicted octanol–water partition coefficient (Wildman–Crippen LogP) is 2.24. The van der Waals surface area contributed by atoms with Crippen LogP contribution in [0.3, 0.4) is 0 Å². The molecule has 3 rings (SSSR count). The van der Waals surface area contributed by atoms with Crippen LogP contribution in [0.2, 0.25) is 0 Å². The zero-order valence-corrected chi connectivity index (χ0v) is 15.3. The number of carbonyl (C=O) groups excluding carboxylic acids is 1. The highest BCUT2D eigenvalue weighted by atomic mass is 19.1. The number of hydroxylamine groups is 1. The summed E-state index contributed by atoms with van der Waals surface area (Å²) in [6.07, 6.45) is 3.14. The average Bonchev–Trinajstić information content (AvgIpc) is 3.47. The van der Waals surface area contributed by atoms with Gasteiger partial charge in [-0.3, -0.25) is 14.4 Å². The third-order valence-electron chi connectivity index (χ3n) is 4.37. The first kappa shape index (κ1) is 20.0. The van der Waals surface area contributed by atoms with E-state index < -0.39 is 35.4 Å². The molecule has 0 unspecified atom stereocenters. The third kappa shape index (κ3) is 4.55. The van der Waals surface area contributed by atoms with Gasteiger partial charge in [0.25, 0.3) is 11.5 Å². The van der Waals surface area contributed by atoms with Gasteiger partial charge in [0.05, 0.1) is 30.2 Å². The predicted molar refractivity (Wildman–Crippen MR) is 98.3 cm³/mol. The minimum atomic E-state index is -1.26. The van der Waals surface area contributed by atoms with Crippen molar-refractivity contribution in [3.63, 3.8) is 0 Å². The van der Waals surface area contributed by atoms with Crippen molar-refractivity contribution >= 4 is 17.3 Å². The molecule has 3 N–H and O–H groups in total. The molecule has 1 amide bonds. The molecule has 0 aliphatic heterocycles. The molecule has 1 saturated carbocycles. The topological polar surface area (TPSA) is 92.6 Å². The van der Waals surface area contributed by atoms with Gasteiger partial charge in [0.1, 0.15) is 5.82 Å². The van der Waals surface area contributed by atoms with E-state index >= 15 is 0 Å². The minimum absolute atomic E-state index is 0.0863. The number of halogens is 2. The Bertz CT molecular complexity index is 942. The summed E-state index contributed by atoms with van der Waals surface area (Å²) in [7, 11) is 0. The fraction of sp³-hybridized carbons (Fsp3) is 0.368. The Labute approximate surface area is 159 Å². The molecule has 7 nitrogen and oxygen atoms in total. The lowest BCUT2D eigenvalue weighted by atomic mass is 10.1. The Morgan fingerprint density at radius 3 is 2.75 bits per heavy atom. The molecule has 0 atom stereocenters. The van der Waals surface area contributed by atoms with Crippen molar-refractivity contribution in [3.05, 3.63) is 57.5 Å². The molecule has 9 heteroatoms. The number of rotatable bonds is 8. The SMILES string of the molecule is Cc1ccc(Nc2c(C(=O)NOCC3CC3)cn(CCO)c(=O)c2F)c(F)c1. The first-order valence-electron chi connectivity index (χ1n) is 8.89. The van der Waals surface area contributed by atoms with E-state index in [-0.39, 0.29) is 17.8 Å². The molecule has 1 fully saturated rings. The summed E-state index contributed by atoms with van der Waals surface area (Å²) in [5.41, 5.74) is 1.04. The van der Waals surface area contributed by atoms with E-state index in [1.807, 2.05) is 0 Å². The summed E-state index contributed by atoms with van der Waals surface area (Å²) in [6.45, 7) is 1.41. The summed E-state index contributed by atoms with van der Waals surface area (Å²) in [5.74, 6) is -2.32. The monoisotopic (exact) mass is 393 g/mol. The number of hydrogen-bond donors (Lipinski definition) is 3. The number of carbonyl (C=O) groups is 1. The zero-order valence-electron chi connectivity index (χ0n) is 15.3. The summed E-state index contributed by atoms with van der Waals surface area (Å²) in [4.78, 5) is 29.8. The van der Waals surface area contributed by atoms with Crippen molar-refractivity contribution in [3.8, 4) is 0 Å². The molecule has 2 aromatic rings. The van der Waals surface area contributed by atoms with Crippen LogP contribution in [0.1, 0.15) is 28.8 Å². The molecule has 150 valence electrons. The molecular weight excluding hydrogens is 372 g/mol. The molecule has 0 spiro atoms. The molecule has 1 aromatic heterocycles. The second kappa shape index (κ2) is 8.49. The Kier molecular flexibility index (Phi) is 6.05. The first-order chi connectivity index (χ1) is 13.4. The number of aliphatic hydroxyl groups excluding tert-OH is 1. The number of aromatic nitrogens is 1. The standard InChI is InChI=1S/C19H21F2N3O4/c1-11-2-5-15(14(20)8-11)22-17-13(18(26)23-28-10-12-3-4-12)9-24(6-7-25)19(27)16(17)21/h2,5,8-9,12,22,25H,3-4,6-7,10H2,1H3,(H,23,26). The van der Waals surface area contributed by atoms with Crippen molar-refractivity contribution in [1.29, 1.82) is 0 Å². The van der Waals surface area contributed by atoms with Gasteiger partial charge < -0.3 is 15.0 Å². The first-order valence-corrected chi connectivity index (χ1v) is 8.89. The lowest BCUT2D eigenvalue weighted by Crippen LogP contribution is -2.31. The second-order valence-electron chi connectivity index (χ2n) is 6.75. The maximum Gasteiger partial charge on any atom is 0.288 e. The van der Waals surface area contributed by atoms with Gasteiger partial charge in [0.2, 0.25) is 5.82 Å². The van der Waals surface area contributed by atoms with Crippen molar-refractivity contribution in [2.45, 2.75) is 26.3 Å². The average molecular weight is 393 g/mol. The van der Waals surface area contributed by atoms with Crippen molar-refractivity contribution in [2.75, 3.05) is 18.5 Å². The van der Waals surface area contributed by atoms with Crippen LogP contribution in [-0.2, 0) is 11.4 Å². The Morgan fingerprint density at radius 1 is 1.36 bits per heavy atom. The van der Waals surface area contributed by atoms with Gasteiger partial charge in [-0.05, 0) is 43.4 Å². The lowest BCUT2D eigenvalue weighted by molar-refractivity contribution is 0.0270. The van der Waals surface area contributed by atoms with Crippen LogP contribution in [0.15, 0.2) is 29.2 Å². The summed E-state index contributed by atoms with van der Waals surface area (Å²) >= 11 is 0. The van der Waals surface area contributed by atoms with Gasteiger partial charge in [-0.25, -0.2) is 9.87 Å². The van der Waals surface area contributed by atoms with Gasteiger partial charge in [0, 0.05) is 12.7 Å². The molecule has 1 heterocycles. The maximum absolute atomic E-state index is 14.7. The van der Waals surface area contributed by atoms with E-state index in [1.54, 1.807) is 13.0 Å². The Balaban J connectivity index is 1.96. The second-order valence-corrected chi connectivity index (χ2v) is 6.75. The normalized spacial score (nSPS) is 13.4. The highest BCUT2D eigenvalue weighted by Crippen LogP contribution is 2.29. The molecule has 28 heavy (non-hydrogen) atoms. The van der Waals surface area contributed by atoms with E-state index in [0.29, 0.717) is 18.1 Å². The highest BCUT2D eigenvalue weighted by Gasteiger charge is 2.24. The number of nitrogens with one attached hydrogen (secondary N) is 2. The molecule has 1 aliphatic rings. The van der Waals surface area contributed by atoms with Gasteiger partial charge in [-0.2, -0.15) is 4.39 Å². The zero-order chi connectivity index (χ0) is 20.3. The number of hydrogen-bond acceptors (Lipinski definition) is 5. The van der Waals surface area contributed by atoms with Gasteiger partial charge in [-0.15, -0.1) is 0 Å². The van der Waals surface area contributed by atoms with Crippen LogP contribution < -0.4 is 16.4 Å². The highest BCUT2D eigenvalue weighted by molar-refractivity contribution is 5.99. The number of pyridine rings is 1. The van der Waals surface area contributed by atoms with Crippen molar-refractivity contribution < 1.29 is 23.5 Å². The molecule has 1 aliphatic carbocycles. The number of nitrogens with zero attached hydrogens (tertiary/aromatic N) is 1.